The molecule has 0 spiro atoms. The van der Waals surface area contributed by atoms with E-state index in [0.29, 0.717) is 28.7 Å². The molecular formula is C21H25N7O3S. The third kappa shape index (κ3) is 3.71. The van der Waals surface area contributed by atoms with E-state index in [1.807, 2.05) is 28.8 Å². The summed E-state index contributed by atoms with van der Waals surface area (Å²) in [6, 6.07) is 7.66. The van der Waals surface area contributed by atoms with Crippen molar-refractivity contribution < 1.29 is 4.42 Å². The highest BCUT2D eigenvalue weighted by Gasteiger charge is 2.24. The fourth-order valence-electron chi connectivity index (χ4n) is 4.08. The van der Waals surface area contributed by atoms with Gasteiger partial charge in [-0.3, -0.25) is 14.3 Å². The number of aryl methyl sites for hydroxylation is 2. The lowest BCUT2D eigenvalue weighted by atomic mass is 10.3. The number of oxazole rings is 1. The Morgan fingerprint density at radius 2 is 1.91 bits per heavy atom. The normalized spacial score (nSPS) is 15.2. The summed E-state index contributed by atoms with van der Waals surface area (Å²) in [6.07, 6.45) is 0. The van der Waals surface area contributed by atoms with Gasteiger partial charge in [0.05, 0.1) is 0 Å². The second kappa shape index (κ2) is 8.47. The largest absolute Gasteiger partial charge is 0.431 e. The number of nitrogens with one attached hydrogen (secondary N) is 1. The molecule has 3 aromatic heterocycles. The first-order chi connectivity index (χ1) is 15.5. The fraction of sp³-hybridized carbons (Fsp3) is 0.429. The fourth-order valence-corrected chi connectivity index (χ4v) is 4.84. The SMILES string of the molecule is CCN1CCN(c2nc3c(c(=O)[nH]c(=O)n3C)n2CCSc2nc3ccccc3o2)CC1. The molecule has 4 heterocycles. The van der Waals surface area contributed by atoms with E-state index < -0.39 is 11.2 Å². The number of anilines is 1. The zero-order chi connectivity index (χ0) is 22.2. The van der Waals surface area contributed by atoms with E-state index in [0.717, 1.165) is 49.8 Å². The van der Waals surface area contributed by atoms with Crippen molar-refractivity contribution in [2.75, 3.05) is 43.4 Å². The van der Waals surface area contributed by atoms with Gasteiger partial charge < -0.3 is 18.8 Å². The van der Waals surface area contributed by atoms with Crippen molar-refractivity contribution in [2.45, 2.75) is 18.7 Å². The van der Waals surface area contributed by atoms with E-state index in [4.69, 9.17) is 9.40 Å². The molecule has 0 atom stereocenters. The Labute approximate surface area is 187 Å². The summed E-state index contributed by atoms with van der Waals surface area (Å²) in [5, 5.41) is 0.593. The minimum atomic E-state index is -0.463. The molecule has 0 unspecified atom stereocenters. The summed E-state index contributed by atoms with van der Waals surface area (Å²) in [4.78, 5) is 41.1. The lowest BCUT2D eigenvalue weighted by Gasteiger charge is -2.34. The number of piperazine rings is 1. The van der Waals surface area contributed by atoms with E-state index in [1.165, 1.54) is 16.3 Å². The molecule has 4 aromatic rings. The van der Waals surface area contributed by atoms with Crippen LogP contribution in [0.3, 0.4) is 0 Å². The summed E-state index contributed by atoms with van der Waals surface area (Å²) in [5.74, 6) is 1.36. The van der Waals surface area contributed by atoms with Crippen molar-refractivity contribution in [3.63, 3.8) is 0 Å². The molecule has 32 heavy (non-hydrogen) atoms. The molecule has 0 amide bonds. The standard InChI is InChI=1S/C21H25N7O3S/c1-3-26-8-10-27(11-9-26)19-23-17-16(18(29)24-20(30)25(17)2)28(19)12-13-32-21-22-14-6-4-5-7-15(14)31-21/h4-7H,3,8-13H2,1-2H3,(H,24,29,30). The van der Waals surface area contributed by atoms with Gasteiger partial charge in [0.25, 0.3) is 10.8 Å². The Kier molecular flexibility index (Phi) is 5.51. The number of rotatable bonds is 6. The maximum atomic E-state index is 12.7. The molecule has 168 valence electrons. The molecule has 1 aliphatic rings. The maximum absolute atomic E-state index is 12.7. The number of thioether (sulfide) groups is 1. The maximum Gasteiger partial charge on any atom is 0.329 e. The minimum absolute atomic E-state index is 0.401. The lowest BCUT2D eigenvalue weighted by molar-refractivity contribution is 0.269. The molecule has 1 fully saturated rings. The Balaban J connectivity index is 1.46. The van der Waals surface area contributed by atoms with Crippen molar-refractivity contribution in [3.8, 4) is 0 Å². The highest BCUT2D eigenvalue weighted by atomic mass is 32.2. The van der Waals surface area contributed by atoms with Gasteiger partial charge in [0, 0.05) is 45.5 Å². The molecule has 11 heteroatoms. The van der Waals surface area contributed by atoms with E-state index >= 15 is 0 Å². The van der Waals surface area contributed by atoms with Crippen LogP contribution in [0.1, 0.15) is 6.92 Å². The quantitative estimate of drug-likeness (QED) is 0.436. The molecule has 10 nitrogen and oxygen atoms in total. The van der Waals surface area contributed by atoms with Crippen LogP contribution < -0.4 is 16.1 Å². The van der Waals surface area contributed by atoms with Crippen LogP contribution >= 0.6 is 11.8 Å². The average Bonchev–Trinajstić information content (AvgIpc) is 3.39. The Bertz CT molecular complexity index is 1340. The Morgan fingerprint density at radius 3 is 2.66 bits per heavy atom. The predicted molar refractivity (Wildman–Crippen MR) is 125 cm³/mol. The van der Waals surface area contributed by atoms with E-state index in [9.17, 15) is 9.59 Å². The highest BCUT2D eigenvalue weighted by Crippen LogP contribution is 2.25. The number of fused-ring (bicyclic) bond motifs is 2. The number of likely N-dealkylation sites (N-methyl/N-ethyl adjacent to an activating group) is 1. The summed E-state index contributed by atoms with van der Waals surface area (Å²) in [6.45, 7) is 7.22. The van der Waals surface area contributed by atoms with Crippen molar-refractivity contribution in [2.24, 2.45) is 7.05 Å². The number of benzene rings is 1. The number of H-pyrrole nitrogens is 1. The minimum Gasteiger partial charge on any atom is -0.431 e. The number of hydrogen-bond donors (Lipinski definition) is 1. The number of hydrogen-bond acceptors (Lipinski definition) is 8. The van der Waals surface area contributed by atoms with Gasteiger partial charge in [-0.15, -0.1) is 0 Å². The van der Waals surface area contributed by atoms with Crippen LogP contribution in [0, 0.1) is 0 Å². The molecular weight excluding hydrogens is 430 g/mol. The van der Waals surface area contributed by atoms with Crippen LogP contribution in [-0.2, 0) is 13.6 Å². The van der Waals surface area contributed by atoms with Crippen LogP contribution in [0.25, 0.3) is 22.3 Å². The monoisotopic (exact) mass is 455 g/mol. The lowest BCUT2D eigenvalue weighted by Crippen LogP contribution is -2.47. The third-order valence-corrected chi connectivity index (χ3v) is 6.71. The molecule has 0 bridgehead atoms. The van der Waals surface area contributed by atoms with Gasteiger partial charge in [0.2, 0.25) is 5.95 Å². The zero-order valence-electron chi connectivity index (χ0n) is 18.1. The molecule has 0 aliphatic carbocycles. The van der Waals surface area contributed by atoms with Gasteiger partial charge in [-0.05, 0) is 18.7 Å². The summed E-state index contributed by atoms with van der Waals surface area (Å²) in [7, 11) is 1.63. The second-order valence-electron chi connectivity index (χ2n) is 7.77. The van der Waals surface area contributed by atoms with E-state index in [2.05, 4.69) is 26.7 Å². The second-order valence-corrected chi connectivity index (χ2v) is 8.82. The number of nitrogens with zero attached hydrogens (tertiary/aromatic N) is 6. The van der Waals surface area contributed by atoms with Gasteiger partial charge in [0.15, 0.2) is 16.7 Å². The third-order valence-electron chi connectivity index (χ3n) is 5.90. The van der Waals surface area contributed by atoms with Gasteiger partial charge >= 0.3 is 5.69 Å². The van der Waals surface area contributed by atoms with Gasteiger partial charge in [-0.1, -0.05) is 30.8 Å². The van der Waals surface area contributed by atoms with Crippen LogP contribution in [-0.4, -0.2) is 67.5 Å². The topological polar surface area (TPSA) is 105 Å². The Morgan fingerprint density at radius 1 is 1.12 bits per heavy atom. The summed E-state index contributed by atoms with van der Waals surface area (Å²) < 4.78 is 9.12. The van der Waals surface area contributed by atoms with E-state index in [1.54, 1.807) is 7.05 Å². The van der Waals surface area contributed by atoms with Crippen LogP contribution in [0.5, 0.6) is 0 Å². The first kappa shape index (κ1) is 20.8. The first-order valence-corrected chi connectivity index (χ1v) is 11.7. The van der Waals surface area contributed by atoms with Gasteiger partial charge in [-0.2, -0.15) is 4.98 Å². The molecule has 1 aromatic carbocycles. The Hall–Kier alpha value is -3.05. The predicted octanol–water partition coefficient (Wildman–Crippen LogP) is 1.50. The first-order valence-electron chi connectivity index (χ1n) is 10.7. The number of para-hydroxylation sites is 2. The molecule has 1 N–H and O–H groups in total. The highest BCUT2D eigenvalue weighted by molar-refractivity contribution is 7.99. The van der Waals surface area contributed by atoms with E-state index in [-0.39, 0.29) is 0 Å². The smallest absolute Gasteiger partial charge is 0.329 e. The molecule has 1 saturated heterocycles. The van der Waals surface area contributed by atoms with Crippen molar-refractivity contribution in [1.29, 1.82) is 0 Å². The molecule has 0 radical (unpaired) electrons. The number of imidazole rings is 1. The molecule has 1 aliphatic heterocycles. The zero-order valence-corrected chi connectivity index (χ0v) is 18.9. The average molecular weight is 456 g/mol. The summed E-state index contributed by atoms with van der Waals surface area (Å²) >= 11 is 1.49. The molecule has 5 rings (SSSR count). The van der Waals surface area contributed by atoms with Crippen LogP contribution in [0.15, 0.2) is 43.5 Å². The van der Waals surface area contributed by atoms with Crippen molar-refractivity contribution in [3.05, 3.63) is 45.1 Å². The van der Waals surface area contributed by atoms with Gasteiger partial charge in [0.1, 0.15) is 5.52 Å². The number of aromatic nitrogens is 5. The molecule has 0 saturated carbocycles. The summed E-state index contributed by atoms with van der Waals surface area (Å²) in [5.41, 5.74) is 1.51. The number of aromatic amines is 1. The van der Waals surface area contributed by atoms with Crippen molar-refractivity contribution >= 4 is 40.0 Å². The van der Waals surface area contributed by atoms with Crippen molar-refractivity contribution in [1.82, 2.24) is 29.0 Å². The van der Waals surface area contributed by atoms with Crippen LogP contribution in [0.2, 0.25) is 0 Å². The van der Waals surface area contributed by atoms with Gasteiger partial charge in [-0.25, -0.2) is 9.78 Å². The van der Waals surface area contributed by atoms with Crippen LogP contribution in [0.4, 0.5) is 5.95 Å².